The first-order valence-electron chi connectivity index (χ1n) is 10.2. The van der Waals surface area contributed by atoms with Gasteiger partial charge in [0.15, 0.2) is 0 Å². The molecule has 4 nitrogen and oxygen atoms in total. The lowest BCUT2D eigenvalue weighted by Crippen LogP contribution is -2.29. The van der Waals surface area contributed by atoms with E-state index in [-0.39, 0.29) is 0 Å². The van der Waals surface area contributed by atoms with Crippen LogP contribution in [0.1, 0.15) is 34.2 Å². The summed E-state index contributed by atoms with van der Waals surface area (Å²) in [6.45, 7) is 2.59. The van der Waals surface area contributed by atoms with E-state index in [1.54, 1.807) is 11.0 Å². The van der Waals surface area contributed by atoms with Crippen LogP contribution in [-0.2, 0) is 18.4 Å². The maximum absolute atomic E-state index is 10.6. The first-order valence-corrected chi connectivity index (χ1v) is 10.6. The number of aryl methyl sites for hydroxylation is 2. The third kappa shape index (κ3) is 4.52. The van der Waals surface area contributed by atoms with Crippen molar-refractivity contribution >= 4 is 11.6 Å². The van der Waals surface area contributed by atoms with E-state index in [2.05, 4.69) is 40.4 Å². The molecule has 0 saturated heterocycles. The quantitative estimate of drug-likeness (QED) is 0.379. The van der Waals surface area contributed by atoms with Gasteiger partial charge in [0, 0.05) is 11.6 Å². The van der Waals surface area contributed by atoms with Crippen molar-refractivity contribution in [3.63, 3.8) is 0 Å². The van der Waals surface area contributed by atoms with Crippen LogP contribution >= 0.6 is 11.6 Å². The number of rotatable bonds is 7. The SMILES string of the molecule is Cc1cc(Cl)ccc1C(C#N)(CCn1cncn1)c1cccc(Cc2ccccc2)c1. The van der Waals surface area contributed by atoms with Crippen LogP contribution in [0.25, 0.3) is 0 Å². The molecule has 0 saturated carbocycles. The van der Waals surface area contributed by atoms with Crippen LogP contribution in [0.5, 0.6) is 0 Å². The Labute approximate surface area is 187 Å². The van der Waals surface area contributed by atoms with Crippen molar-refractivity contribution in [1.29, 1.82) is 5.26 Å². The van der Waals surface area contributed by atoms with Crippen molar-refractivity contribution in [2.45, 2.75) is 31.7 Å². The van der Waals surface area contributed by atoms with Gasteiger partial charge in [-0.15, -0.1) is 0 Å². The molecule has 1 aromatic heterocycles. The summed E-state index contributed by atoms with van der Waals surface area (Å²) >= 11 is 6.22. The molecule has 4 aromatic rings. The fourth-order valence-corrected chi connectivity index (χ4v) is 4.36. The molecule has 0 fully saturated rings. The summed E-state index contributed by atoms with van der Waals surface area (Å²) in [5.41, 5.74) is 4.54. The van der Waals surface area contributed by atoms with Crippen molar-refractivity contribution in [2.75, 3.05) is 0 Å². The number of halogens is 1. The average Bonchev–Trinajstić information content (AvgIpc) is 3.30. The summed E-state index contributed by atoms with van der Waals surface area (Å²) < 4.78 is 1.77. The van der Waals surface area contributed by atoms with Crippen molar-refractivity contribution in [3.8, 4) is 6.07 Å². The van der Waals surface area contributed by atoms with Gasteiger partial charge in [-0.2, -0.15) is 10.4 Å². The van der Waals surface area contributed by atoms with Gasteiger partial charge in [-0.05, 0) is 59.7 Å². The third-order valence-electron chi connectivity index (χ3n) is 5.69. The Hall–Kier alpha value is -3.42. The first kappa shape index (κ1) is 20.8. The number of benzene rings is 3. The molecule has 4 rings (SSSR count). The Morgan fingerprint density at radius 2 is 1.81 bits per heavy atom. The van der Waals surface area contributed by atoms with E-state index < -0.39 is 5.41 Å². The van der Waals surface area contributed by atoms with Gasteiger partial charge in [0.05, 0.1) is 6.07 Å². The molecule has 154 valence electrons. The lowest BCUT2D eigenvalue weighted by atomic mass is 9.71. The van der Waals surface area contributed by atoms with E-state index in [4.69, 9.17) is 11.6 Å². The number of nitrogens with zero attached hydrogens (tertiary/aromatic N) is 4. The topological polar surface area (TPSA) is 54.5 Å². The zero-order chi connectivity index (χ0) is 21.7. The Kier molecular flexibility index (Phi) is 6.16. The van der Waals surface area contributed by atoms with Crippen LogP contribution < -0.4 is 0 Å². The third-order valence-corrected chi connectivity index (χ3v) is 5.93. The minimum atomic E-state index is -0.826. The Bertz CT molecular complexity index is 1200. The van der Waals surface area contributed by atoms with Gasteiger partial charge in [0.1, 0.15) is 18.1 Å². The van der Waals surface area contributed by atoms with E-state index in [0.29, 0.717) is 18.0 Å². The van der Waals surface area contributed by atoms with Crippen LogP contribution in [0.15, 0.2) is 85.5 Å². The molecule has 0 N–H and O–H groups in total. The summed E-state index contributed by atoms with van der Waals surface area (Å²) in [5.74, 6) is 0. The van der Waals surface area contributed by atoms with E-state index in [1.165, 1.54) is 17.5 Å². The largest absolute Gasteiger partial charge is 0.253 e. The average molecular weight is 427 g/mol. The van der Waals surface area contributed by atoms with Gasteiger partial charge in [-0.1, -0.05) is 72.3 Å². The van der Waals surface area contributed by atoms with Crippen LogP contribution in [0.4, 0.5) is 0 Å². The van der Waals surface area contributed by atoms with E-state index in [0.717, 1.165) is 23.1 Å². The fraction of sp³-hybridized carbons (Fsp3) is 0.192. The molecule has 0 bridgehead atoms. The number of nitriles is 1. The molecule has 5 heteroatoms. The molecule has 3 aromatic carbocycles. The summed E-state index contributed by atoms with van der Waals surface area (Å²) in [4.78, 5) is 4.04. The van der Waals surface area contributed by atoms with Gasteiger partial charge in [-0.25, -0.2) is 4.98 Å². The lowest BCUT2D eigenvalue weighted by Gasteiger charge is -2.30. The molecule has 0 spiro atoms. The summed E-state index contributed by atoms with van der Waals surface area (Å²) in [6.07, 6.45) is 4.59. The monoisotopic (exact) mass is 426 g/mol. The minimum Gasteiger partial charge on any atom is -0.253 e. The van der Waals surface area contributed by atoms with E-state index in [9.17, 15) is 5.26 Å². The van der Waals surface area contributed by atoms with Crippen molar-refractivity contribution < 1.29 is 0 Å². The second-order valence-corrected chi connectivity index (χ2v) is 8.18. The highest BCUT2D eigenvalue weighted by Crippen LogP contribution is 2.39. The second-order valence-electron chi connectivity index (χ2n) is 7.75. The van der Waals surface area contributed by atoms with Crippen LogP contribution in [0.3, 0.4) is 0 Å². The van der Waals surface area contributed by atoms with E-state index in [1.807, 2.05) is 55.5 Å². The number of aromatic nitrogens is 3. The maximum atomic E-state index is 10.6. The second kappa shape index (κ2) is 9.16. The van der Waals surface area contributed by atoms with Gasteiger partial charge in [0.2, 0.25) is 0 Å². The predicted octanol–water partition coefficient (Wildman–Crippen LogP) is 5.73. The van der Waals surface area contributed by atoms with Gasteiger partial charge >= 0.3 is 0 Å². The normalized spacial score (nSPS) is 12.8. The van der Waals surface area contributed by atoms with Crippen LogP contribution in [-0.4, -0.2) is 14.8 Å². The molecule has 1 atom stereocenters. The predicted molar refractivity (Wildman–Crippen MR) is 123 cm³/mol. The van der Waals surface area contributed by atoms with E-state index >= 15 is 0 Å². The highest BCUT2D eigenvalue weighted by Gasteiger charge is 2.36. The number of hydrogen-bond acceptors (Lipinski definition) is 3. The Morgan fingerprint density at radius 3 is 2.52 bits per heavy atom. The molecular formula is C26H23ClN4. The Morgan fingerprint density at radius 1 is 1.00 bits per heavy atom. The zero-order valence-electron chi connectivity index (χ0n) is 17.4. The van der Waals surface area contributed by atoms with Crippen molar-refractivity contribution in [3.05, 3.63) is 118 Å². The molecular weight excluding hydrogens is 404 g/mol. The fourth-order valence-electron chi connectivity index (χ4n) is 4.13. The first-order chi connectivity index (χ1) is 15.1. The molecule has 1 unspecified atom stereocenters. The Balaban J connectivity index is 1.78. The van der Waals surface area contributed by atoms with Crippen LogP contribution in [0, 0.1) is 18.3 Å². The molecule has 0 aliphatic carbocycles. The van der Waals surface area contributed by atoms with Gasteiger partial charge < -0.3 is 0 Å². The zero-order valence-corrected chi connectivity index (χ0v) is 18.1. The molecule has 1 heterocycles. The van der Waals surface area contributed by atoms with Crippen molar-refractivity contribution in [2.24, 2.45) is 0 Å². The smallest absolute Gasteiger partial charge is 0.137 e. The summed E-state index contributed by atoms with van der Waals surface area (Å²) in [7, 11) is 0. The minimum absolute atomic E-state index is 0.574. The van der Waals surface area contributed by atoms with Crippen LogP contribution in [0.2, 0.25) is 5.02 Å². The molecule has 0 radical (unpaired) electrons. The molecule has 0 aliphatic heterocycles. The lowest BCUT2D eigenvalue weighted by molar-refractivity contribution is 0.489. The van der Waals surface area contributed by atoms with Crippen molar-refractivity contribution in [1.82, 2.24) is 14.8 Å². The molecule has 0 aliphatic rings. The standard InChI is InChI=1S/C26H23ClN4/c1-20-14-24(27)10-11-25(20)26(17-28,12-13-31-19-29-18-30-31)23-9-5-8-22(16-23)15-21-6-3-2-4-7-21/h2-11,14,16,18-19H,12-13,15H2,1H3. The molecule has 31 heavy (non-hydrogen) atoms. The summed E-state index contributed by atoms with van der Waals surface area (Å²) in [6, 6.07) is 27.2. The summed E-state index contributed by atoms with van der Waals surface area (Å²) in [5, 5.41) is 15.5. The number of hydrogen-bond donors (Lipinski definition) is 0. The maximum Gasteiger partial charge on any atom is 0.137 e. The van der Waals surface area contributed by atoms with Gasteiger partial charge in [0.25, 0.3) is 0 Å². The molecule has 0 amide bonds. The highest BCUT2D eigenvalue weighted by molar-refractivity contribution is 6.30. The highest BCUT2D eigenvalue weighted by atomic mass is 35.5. The van der Waals surface area contributed by atoms with Gasteiger partial charge in [-0.3, -0.25) is 4.68 Å².